The predicted molar refractivity (Wildman–Crippen MR) is 80.6 cm³/mol. The van der Waals surface area contributed by atoms with Gasteiger partial charge in [-0.3, -0.25) is 0 Å². The highest BCUT2D eigenvalue weighted by molar-refractivity contribution is 5.57. The first kappa shape index (κ1) is 13.9. The van der Waals surface area contributed by atoms with Crippen molar-refractivity contribution in [3.05, 3.63) is 29.5 Å². The van der Waals surface area contributed by atoms with E-state index in [0.29, 0.717) is 23.1 Å². The molecule has 0 atom stereocenters. The zero-order valence-corrected chi connectivity index (χ0v) is 11.8. The zero-order chi connectivity index (χ0) is 14.9. The van der Waals surface area contributed by atoms with Gasteiger partial charge in [-0.2, -0.15) is 4.98 Å². The van der Waals surface area contributed by atoms with Crippen LogP contribution in [0.4, 0.5) is 17.5 Å². The lowest BCUT2D eigenvalue weighted by Crippen LogP contribution is -2.03. The molecule has 2 rings (SSSR count). The Hall–Kier alpha value is -2.50. The van der Waals surface area contributed by atoms with Gasteiger partial charge in [0.2, 0.25) is 5.95 Å². The van der Waals surface area contributed by atoms with Crippen molar-refractivity contribution in [1.82, 2.24) is 9.97 Å². The third-order valence-corrected chi connectivity index (χ3v) is 3.04. The van der Waals surface area contributed by atoms with Gasteiger partial charge in [0.15, 0.2) is 11.6 Å². The van der Waals surface area contributed by atoms with Gasteiger partial charge < -0.3 is 21.9 Å². The van der Waals surface area contributed by atoms with E-state index in [0.717, 1.165) is 11.1 Å². The quantitative estimate of drug-likeness (QED) is 0.740. The third-order valence-electron chi connectivity index (χ3n) is 3.04. The molecule has 1 aromatic carbocycles. The summed E-state index contributed by atoms with van der Waals surface area (Å²) in [6, 6.07) is 3.81. The number of nitrogen functional groups attached to an aromatic ring is 3. The molecule has 0 bridgehead atoms. The number of rotatable bonds is 3. The molecule has 0 amide bonds. The maximum absolute atomic E-state index is 5.94. The smallest absolute Gasteiger partial charge is 0.222 e. The van der Waals surface area contributed by atoms with Crippen molar-refractivity contribution in [3.63, 3.8) is 0 Å². The maximum atomic E-state index is 5.94. The van der Waals surface area contributed by atoms with Crippen LogP contribution in [0.3, 0.4) is 0 Å². The first-order valence-electron chi connectivity index (χ1n) is 6.34. The van der Waals surface area contributed by atoms with Crippen molar-refractivity contribution in [3.8, 4) is 11.5 Å². The summed E-state index contributed by atoms with van der Waals surface area (Å²) >= 11 is 0. The van der Waals surface area contributed by atoms with E-state index >= 15 is 0 Å². The molecule has 0 radical (unpaired) electrons. The molecule has 0 spiro atoms. The Labute approximate surface area is 118 Å². The van der Waals surface area contributed by atoms with Crippen molar-refractivity contribution in [1.29, 1.82) is 0 Å². The Bertz CT molecular complexity index is 640. The molecule has 6 N–H and O–H groups in total. The number of nitrogens with zero attached hydrogens (tertiary/aromatic N) is 2. The Morgan fingerprint density at radius 3 is 2.40 bits per heavy atom. The van der Waals surface area contributed by atoms with Gasteiger partial charge >= 0.3 is 0 Å². The van der Waals surface area contributed by atoms with Crippen LogP contribution in [0.1, 0.15) is 30.9 Å². The predicted octanol–water partition coefficient (Wildman–Crippen LogP) is 2.45. The van der Waals surface area contributed by atoms with Crippen LogP contribution in [0, 0.1) is 6.92 Å². The third kappa shape index (κ3) is 2.74. The van der Waals surface area contributed by atoms with Gasteiger partial charge in [0.05, 0.1) is 6.20 Å². The van der Waals surface area contributed by atoms with Crippen LogP contribution >= 0.6 is 0 Å². The van der Waals surface area contributed by atoms with Crippen molar-refractivity contribution < 1.29 is 4.74 Å². The highest BCUT2D eigenvalue weighted by Gasteiger charge is 2.13. The number of hydrogen-bond donors (Lipinski definition) is 3. The van der Waals surface area contributed by atoms with Crippen molar-refractivity contribution in [2.75, 3.05) is 17.2 Å². The van der Waals surface area contributed by atoms with Crippen LogP contribution in [0.25, 0.3) is 0 Å². The van der Waals surface area contributed by atoms with E-state index in [4.69, 9.17) is 21.9 Å². The van der Waals surface area contributed by atoms with Crippen LogP contribution in [-0.2, 0) is 0 Å². The molecule has 106 valence electrons. The van der Waals surface area contributed by atoms with Gasteiger partial charge in [-0.25, -0.2) is 4.98 Å². The molecular weight excluding hydrogens is 254 g/mol. The van der Waals surface area contributed by atoms with E-state index in [1.54, 1.807) is 6.07 Å². The van der Waals surface area contributed by atoms with E-state index < -0.39 is 0 Å². The molecule has 0 aliphatic heterocycles. The molecule has 0 fully saturated rings. The average molecular weight is 273 g/mol. The molecule has 0 saturated heterocycles. The normalized spacial score (nSPS) is 10.8. The highest BCUT2D eigenvalue weighted by atomic mass is 16.5. The molecule has 6 heteroatoms. The van der Waals surface area contributed by atoms with E-state index in [1.807, 2.05) is 13.0 Å². The summed E-state index contributed by atoms with van der Waals surface area (Å²) in [6.07, 6.45) is 1.46. The van der Waals surface area contributed by atoms with Crippen molar-refractivity contribution >= 4 is 17.5 Å². The molecule has 0 unspecified atom stereocenters. The Morgan fingerprint density at radius 1 is 1.10 bits per heavy atom. The largest absolute Gasteiger partial charge is 0.451 e. The average Bonchev–Trinajstić information content (AvgIpc) is 2.36. The molecule has 20 heavy (non-hydrogen) atoms. The minimum Gasteiger partial charge on any atom is -0.451 e. The van der Waals surface area contributed by atoms with E-state index in [1.165, 1.54) is 6.20 Å². The number of benzene rings is 1. The molecule has 0 aliphatic rings. The van der Waals surface area contributed by atoms with Gasteiger partial charge in [-0.15, -0.1) is 0 Å². The van der Waals surface area contributed by atoms with Crippen molar-refractivity contribution in [2.24, 2.45) is 0 Å². The first-order valence-corrected chi connectivity index (χ1v) is 6.34. The Kier molecular flexibility index (Phi) is 3.65. The molecule has 0 aliphatic carbocycles. The Balaban J connectivity index is 2.44. The van der Waals surface area contributed by atoms with Gasteiger partial charge in [0.25, 0.3) is 0 Å². The van der Waals surface area contributed by atoms with Gasteiger partial charge in [0.1, 0.15) is 5.75 Å². The Morgan fingerprint density at radius 2 is 1.80 bits per heavy atom. The second-order valence-corrected chi connectivity index (χ2v) is 4.98. The standard InChI is InChI=1S/C14H19N5O/c1-7(2)9-4-8(3)10(15)5-11(9)20-12-6-18-14(17)19-13(12)16/h4-7H,15H2,1-3H3,(H4,16,17,18,19). The molecule has 0 saturated carbocycles. The van der Waals surface area contributed by atoms with Crippen LogP contribution < -0.4 is 21.9 Å². The molecular formula is C14H19N5O. The van der Waals surface area contributed by atoms with E-state index in [-0.39, 0.29) is 11.8 Å². The number of aromatic nitrogens is 2. The number of aryl methyl sites for hydroxylation is 1. The number of anilines is 3. The summed E-state index contributed by atoms with van der Waals surface area (Å²) in [5, 5.41) is 0. The van der Waals surface area contributed by atoms with Crippen LogP contribution in [-0.4, -0.2) is 9.97 Å². The van der Waals surface area contributed by atoms with Gasteiger partial charge in [-0.1, -0.05) is 19.9 Å². The topological polar surface area (TPSA) is 113 Å². The summed E-state index contributed by atoms with van der Waals surface area (Å²) in [5.74, 6) is 1.63. The SMILES string of the molecule is Cc1cc(C(C)C)c(Oc2cnc(N)nc2N)cc1N. The number of hydrogen-bond acceptors (Lipinski definition) is 6. The highest BCUT2D eigenvalue weighted by Crippen LogP contribution is 2.35. The number of nitrogens with two attached hydrogens (primary N) is 3. The minimum atomic E-state index is 0.113. The summed E-state index contributed by atoms with van der Waals surface area (Å²) in [5.41, 5.74) is 19.9. The fourth-order valence-electron chi connectivity index (χ4n) is 1.86. The first-order chi connectivity index (χ1) is 9.38. The van der Waals surface area contributed by atoms with Gasteiger partial charge in [-0.05, 0) is 24.0 Å². The van der Waals surface area contributed by atoms with Gasteiger partial charge in [0, 0.05) is 11.8 Å². The summed E-state index contributed by atoms with van der Waals surface area (Å²) in [7, 11) is 0. The lowest BCUT2D eigenvalue weighted by Gasteiger charge is -2.16. The molecule has 2 aromatic rings. The summed E-state index contributed by atoms with van der Waals surface area (Å²) < 4.78 is 5.81. The second-order valence-electron chi connectivity index (χ2n) is 4.98. The molecule has 1 aromatic heterocycles. The van der Waals surface area contributed by atoms with Crippen molar-refractivity contribution in [2.45, 2.75) is 26.7 Å². The van der Waals surface area contributed by atoms with E-state index in [9.17, 15) is 0 Å². The maximum Gasteiger partial charge on any atom is 0.222 e. The minimum absolute atomic E-state index is 0.113. The van der Waals surface area contributed by atoms with Crippen LogP contribution in [0.2, 0.25) is 0 Å². The zero-order valence-electron chi connectivity index (χ0n) is 11.8. The molecule has 1 heterocycles. The monoisotopic (exact) mass is 273 g/mol. The van der Waals surface area contributed by atoms with Crippen LogP contribution in [0.15, 0.2) is 18.3 Å². The van der Waals surface area contributed by atoms with Crippen LogP contribution in [0.5, 0.6) is 11.5 Å². The lowest BCUT2D eigenvalue weighted by molar-refractivity contribution is 0.471. The molecule has 6 nitrogen and oxygen atoms in total. The number of ether oxygens (including phenoxy) is 1. The lowest BCUT2D eigenvalue weighted by atomic mass is 9.99. The fourth-order valence-corrected chi connectivity index (χ4v) is 1.86. The summed E-state index contributed by atoms with van der Waals surface area (Å²) in [4.78, 5) is 7.75. The fraction of sp³-hybridized carbons (Fsp3) is 0.286. The summed E-state index contributed by atoms with van der Waals surface area (Å²) in [6.45, 7) is 6.13. The van der Waals surface area contributed by atoms with E-state index in [2.05, 4.69) is 23.8 Å². The second kappa shape index (κ2) is 5.24.